The van der Waals surface area contributed by atoms with Gasteiger partial charge in [0.2, 0.25) is 0 Å². The molecule has 1 aliphatic carbocycles. The van der Waals surface area contributed by atoms with Gasteiger partial charge in [0.25, 0.3) is 5.91 Å². The zero-order chi connectivity index (χ0) is 17.2. The lowest BCUT2D eigenvalue weighted by atomic mass is 10.2. The summed E-state index contributed by atoms with van der Waals surface area (Å²) in [4.78, 5) is 17.9. The molecule has 0 bridgehead atoms. The molecule has 2 fully saturated rings. The molecule has 0 N–H and O–H groups in total. The normalized spacial score (nSPS) is 19.6. The SMILES string of the molecule is N#CCCN1CCN(C(=O)c2cc3cn(C4CCCC4)cc3s2)CC1. The van der Waals surface area contributed by atoms with Gasteiger partial charge in [0.1, 0.15) is 0 Å². The molecule has 6 heteroatoms. The first-order valence-corrected chi connectivity index (χ1v) is 10.1. The second kappa shape index (κ2) is 7.19. The molecule has 1 saturated carbocycles. The van der Waals surface area contributed by atoms with Gasteiger partial charge in [-0.3, -0.25) is 9.69 Å². The number of thiophene rings is 1. The van der Waals surface area contributed by atoms with Gasteiger partial charge in [0, 0.05) is 63.0 Å². The van der Waals surface area contributed by atoms with Gasteiger partial charge in [0.05, 0.1) is 15.6 Å². The minimum atomic E-state index is 0.161. The average molecular weight is 356 g/mol. The summed E-state index contributed by atoms with van der Waals surface area (Å²) in [7, 11) is 0. The Bertz CT molecular complexity index is 757. The first-order chi connectivity index (χ1) is 12.2. The van der Waals surface area contributed by atoms with Crippen molar-refractivity contribution >= 4 is 27.3 Å². The number of nitrogens with zero attached hydrogens (tertiary/aromatic N) is 4. The molecule has 0 spiro atoms. The van der Waals surface area contributed by atoms with Crippen LogP contribution < -0.4 is 0 Å². The van der Waals surface area contributed by atoms with Gasteiger partial charge in [-0.2, -0.15) is 5.26 Å². The number of rotatable bonds is 4. The van der Waals surface area contributed by atoms with Crippen molar-refractivity contribution in [1.82, 2.24) is 14.4 Å². The molecule has 2 aromatic heterocycles. The maximum Gasteiger partial charge on any atom is 0.264 e. The van der Waals surface area contributed by atoms with Gasteiger partial charge in [-0.25, -0.2) is 0 Å². The number of amides is 1. The standard InChI is InChI=1S/C19H24N4OS/c20-6-3-7-21-8-10-22(11-9-21)19(24)17-12-15-13-23(14-18(15)25-17)16-4-1-2-5-16/h12-14,16H,1-5,7-11H2. The van der Waals surface area contributed by atoms with Crippen LogP contribution in [0.15, 0.2) is 18.5 Å². The predicted molar refractivity (Wildman–Crippen MR) is 99.9 cm³/mol. The van der Waals surface area contributed by atoms with Crippen molar-refractivity contribution in [1.29, 1.82) is 5.26 Å². The summed E-state index contributed by atoms with van der Waals surface area (Å²) in [6.07, 6.45) is 10.2. The third kappa shape index (κ3) is 3.44. The maximum atomic E-state index is 12.8. The lowest BCUT2D eigenvalue weighted by Crippen LogP contribution is -2.48. The number of carbonyl (C=O) groups excluding carboxylic acids is 1. The van der Waals surface area contributed by atoms with Crippen molar-refractivity contribution < 1.29 is 4.79 Å². The zero-order valence-electron chi connectivity index (χ0n) is 14.5. The molecule has 2 aromatic rings. The Hall–Kier alpha value is -1.84. The number of hydrogen-bond acceptors (Lipinski definition) is 4. The molecule has 1 saturated heterocycles. The number of carbonyl (C=O) groups is 1. The molecular formula is C19H24N4OS. The van der Waals surface area contributed by atoms with Gasteiger partial charge in [-0.1, -0.05) is 12.8 Å². The van der Waals surface area contributed by atoms with Crippen molar-refractivity contribution in [3.05, 3.63) is 23.3 Å². The molecule has 0 atom stereocenters. The Morgan fingerprint density at radius 2 is 1.96 bits per heavy atom. The minimum absolute atomic E-state index is 0.161. The van der Waals surface area contributed by atoms with Crippen molar-refractivity contribution in [2.24, 2.45) is 0 Å². The third-order valence-electron chi connectivity index (χ3n) is 5.50. The lowest BCUT2D eigenvalue weighted by molar-refractivity contribution is 0.0644. The monoisotopic (exact) mass is 356 g/mol. The summed E-state index contributed by atoms with van der Waals surface area (Å²) in [6.45, 7) is 4.06. The summed E-state index contributed by atoms with van der Waals surface area (Å²) in [5.41, 5.74) is 0. The molecule has 1 amide bonds. The number of aromatic nitrogens is 1. The van der Waals surface area contributed by atoms with Gasteiger partial charge < -0.3 is 9.47 Å². The van der Waals surface area contributed by atoms with E-state index in [1.54, 1.807) is 11.3 Å². The van der Waals surface area contributed by atoms with Crippen LogP contribution in [-0.4, -0.2) is 53.0 Å². The van der Waals surface area contributed by atoms with E-state index >= 15 is 0 Å². The van der Waals surface area contributed by atoms with Crippen molar-refractivity contribution in [2.75, 3.05) is 32.7 Å². The van der Waals surface area contributed by atoms with Crippen LogP contribution in [0.3, 0.4) is 0 Å². The Morgan fingerprint density at radius 1 is 1.20 bits per heavy atom. The van der Waals surface area contributed by atoms with E-state index in [-0.39, 0.29) is 5.91 Å². The highest BCUT2D eigenvalue weighted by Gasteiger charge is 2.24. The Morgan fingerprint density at radius 3 is 2.64 bits per heavy atom. The van der Waals surface area contributed by atoms with E-state index in [4.69, 9.17) is 5.26 Å². The van der Waals surface area contributed by atoms with Gasteiger partial charge >= 0.3 is 0 Å². The molecule has 3 heterocycles. The molecule has 2 aliphatic rings. The van der Waals surface area contributed by atoms with E-state index in [2.05, 4.69) is 34.0 Å². The van der Waals surface area contributed by atoms with E-state index in [0.717, 1.165) is 37.6 Å². The molecule has 5 nitrogen and oxygen atoms in total. The van der Waals surface area contributed by atoms with E-state index in [9.17, 15) is 4.79 Å². The largest absolute Gasteiger partial charge is 0.349 e. The molecule has 0 radical (unpaired) electrons. The summed E-state index contributed by atoms with van der Waals surface area (Å²) in [6, 6.07) is 4.91. The molecular weight excluding hydrogens is 332 g/mol. The fraction of sp³-hybridized carbons (Fsp3) is 0.579. The predicted octanol–water partition coefficient (Wildman–Crippen LogP) is 3.49. The van der Waals surface area contributed by atoms with Crippen LogP contribution in [0, 0.1) is 11.3 Å². The first-order valence-electron chi connectivity index (χ1n) is 9.24. The highest BCUT2D eigenvalue weighted by Crippen LogP contribution is 2.34. The minimum Gasteiger partial charge on any atom is -0.349 e. The van der Waals surface area contributed by atoms with Crippen LogP contribution in [0.1, 0.15) is 47.8 Å². The van der Waals surface area contributed by atoms with Crippen molar-refractivity contribution in [2.45, 2.75) is 38.1 Å². The second-order valence-electron chi connectivity index (χ2n) is 7.12. The van der Waals surface area contributed by atoms with Crippen molar-refractivity contribution in [3.8, 4) is 6.07 Å². The van der Waals surface area contributed by atoms with E-state index < -0.39 is 0 Å². The molecule has 132 valence electrons. The molecule has 0 aromatic carbocycles. The van der Waals surface area contributed by atoms with Gasteiger partial charge in [-0.05, 0) is 18.9 Å². The summed E-state index contributed by atoms with van der Waals surface area (Å²) in [5, 5.41) is 9.88. The molecule has 1 aliphatic heterocycles. The van der Waals surface area contributed by atoms with Gasteiger partial charge in [-0.15, -0.1) is 11.3 Å². The zero-order valence-corrected chi connectivity index (χ0v) is 15.3. The molecule has 4 rings (SSSR count). The highest BCUT2D eigenvalue weighted by atomic mass is 32.1. The first kappa shape index (κ1) is 16.6. The summed E-state index contributed by atoms with van der Waals surface area (Å²) in [5.74, 6) is 0.161. The number of nitriles is 1. The number of piperazine rings is 1. The Kier molecular flexibility index (Phi) is 4.78. The fourth-order valence-corrected chi connectivity index (χ4v) is 5.05. The highest BCUT2D eigenvalue weighted by molar-refractivity contribution is 7.20. The maximum absolute atomic E-state index is 12.8. The number of fused-ring (bicyclic) bond motifs is 1. The van der Waals surface area contributed by atoms with Crippen LogP contribution in [0.4, 0.5) is 0 Å². The smallest absolute Gasteiger partial charge is 0.264 e. The van der Waals surface area contributed by atoms with Crippen LogP contribution >= 0.6 is 11.3 Å². The van der Waals surface area contributed by atoms with E-state index in [1.165, 1.54) is 35.8 Å². The second-order valence-corrected chi connectivity index (χ2v) is 8.20. The van der Waals surface area contributed by atoms with E-state index in [0.29, 0.717) is 12.5 Å². The quantitative estimate of drug-likeness (QED) is 0.843. The topological polar surface area (TPSA) is 52.3 Å². The summed E-state index contributed by atoms with van der Waals surface area (Å²) >= 11 is 1.62. The van der Waals surface area contributed by atoms with Crippen LogP contribution in [0.25, 0.3) is 10.1 Å². The molecule has 25 heavy (non-hydrogen) atoms. The lowest BCUT2D eigenvalue weighted by Gasteiger charge is -2.34. The van der Waals surface area contributed by atoms with Crippen LogP contribution in [0.2, 0.25) is 0 Å². The molecule has 0 unspecified atom stereocenters. The average Bonchev–Trinajstić information content (AvgIpc) is 3.34. The third-order valence-corrected chi connectivity index (χ3v) is 6.58. The number of hydrogen-bond donors (Lipinski definition) is 0. The Labute approximate surface area is 152 Å². The van der Waals surface area contributed by atoms with Crippen LogP contribution in [-0.2, 0) is 0 Å². The summed E-state index contributed by atoms with van der Waals surface area (Å²) < 4.78 is 3.58. The fourth-order valence-electron chi connectivity index (χ4n) is 4.01. The Balaban J connectivity index is 1.40. The van der Waals surface area contributed by atoms with E-state index in [1.807, 2.05) is 4.90 Å². The van der Waals surface area contributed by atoms with Crippen LogP contribution in [0.5, 0.6) is 0 Å². The van der Waals surface area contributed by atoms with Gasteiger partial charge in [0.15, 0.2) is 0 Å². The van der Waals surface area contributed by atoms with Crippen molar-refractivity contribution in [3.63, 3.8) is 0 Å².